The number of alkyl halides is 3. The first-order chi connectivity index (χ1) is 14.3. The quantitative estimate of drug-likeness (QED) is 0.763. The number of halogens is 3. The Kier molecular flexibility index (Phi) is 4.86. The van der Waals surface area contributed by atoms with Crippen LogP contribution in [0.5, 0.6) is 0 Å². The Morgan fingerprint density at radius 2 is 1.67 bits per heavy atom. The summed E-state index contributed by atoms with van der Waals surface area (Å²) in [6.45, 7) is 0. The number of Topliss-reactive ketones (excluding diaryl/α,β-unsaturated/α-hetero) is 1. The maximum atomic E-state index is 13.1. The molecule has 0 saturated carbocycles. The van der Waals surface area contributed by atoms with Gasteiger partial charge in [-0.25, -0.2) is 0 Å². The lowest BCUT2D eigenvalue weighted by Crippen LogP contribution is -2.29. The van der Waals surface area contributed by atoms with Crippen LogP contribution in [0.4, 0.5) is 13.2 Å². The zero-order valence-electron chi connectivity index (χ0n) is 15.7. The average molecular weight is 410 g/mol. The van der Waals surface area contributed by atoms with E-state index in [0.29, 0.717) is 23.3 Å². The molecular formula is C23H17F3N2O2. The van der Waals surface area contributed by atoms with Crippen LogP contribution in [0, 0.1) is 11.3 Å². The molecule has 2 aromatic rings. The van der Waals surface area contributed by atoms with Crippen LogP contribution in [-0.4, -0.2) is 5.78 Å². The zero-order chi connectivity index (χ0) is 21.5. The van der Waals surface area contributed by atoms with Gasteiger partial charge in [-0.2, -0.15) is 18.4 Å². The number of allylic oxidation sites excluding steroid dienone is 3. The Morgan fingerprint density at radius 1 is 1.00 bits per heavy atom. The van der Waals surface area contributed by atoms with Crippen LogP contribution in [0.1, 0.15) is 41.4 Å². The third kappa shape index (κ3) is 3.45. The van der Waals surface area contributed by atoms with E-state index in [9.17, 15) is 23.2 Å². The van der Waals surface area contributed by atoms with E-state index in [1.807, 2.05) is 36.4 Å². The second kappa shape index (κ2) is 7.38. The fraction of sp³-hybridized carbons (Fsp3) is 0.217. The lowest BCUT2D eigenvalue weighted by molar-refractivity contribution is -0.137. The number of hydrogen-bond acceptors (Lipinski definition) is 4. The highest BCUT2D eigenvalue weighted by atomic mass is 19.4. The first kappa shape index (κ1) is 19.8. The van der Waals surface area contributed by atoms with E-state index in [1.165, 1.54) is 12.1 Å². The number of rotatable bonds is 2. The minimum atomic E-state index is -4.48. The van der Waals surface area contributed by atoms with Crippen LogP contribution in [0.15, 0.2) is 77.4 Å². The molecule has 1 aliphatic carbocycles. The van der Waals surface area contributed by atoms with E-state index >= 15 is 0 Å². The van der Waals surface area contributed by atoms with Crippen molar-refractivity contribution in [2.45, 2.75) is 30.9 Å². The molecule has 1 aliphatic heterocycles. The number of benzene rings is 2. The zero-order valence-corrected chi connectivity index (χ0v) is 15.7. The Hall–Kier alpha value is -3.53. The van der Waals surface area contributed by atoms with Gasteiger partial charge in [0, 0.05) is 18.4 Å². The molecule has 2 aliphatic rings. The molecule has 0 unspecified atom stereocenters. The van der Waals surface area contributed by atoms with Gasteiger partial charge in [-0.3, -0.25) is 4.79 Å². The van der Waals surface area contributed by atoms with Crippen molar-refractivity contribution >= 4 is 5.78 Å². The smallest absolute Gasteiger partial charge is 0.416 e. The Bertz CT molecular complexity index is 1090. The summed E-state index contributed by atoms with van der Waals surface area (Å²) >= 11 is 0. The topological polar surface area (TPSA) is 76.1 Å². The molecule has 2 aromatic carbocycles. The molecule has 152 valence electrons. The highest BCUT2D eigenvalue weighted by Crippen LogP contribution is 2.47. The maximum absolute atomic E-state index is 13.1. The molecule has 0 amide bonds. The first-order valence-corrected chi connectivity index (χ1v) is 9.35. The second-order valence-electron chi connectivity index (χ2n) is 7.32. The summed E-state index contributed by atoms with van der Waals surface area (Å²) in [7, 11) is 0. The summed E-state index contributed by atoms with van der Waals surface area (Å²) in [5.74, 6) is -0.883. The predicted molar refractivity (Wildman–Crippen MR) is 103 cm³/mol. The molecule has 30 heavy (non-hydrogen) atoms. The van der Waals surface area contributed by atoms with Crippen LogP contribution in [0.2, 0.25) is 0 Å². The number of nitrogens with zero attached hydrogens (tertiary/aromatic N) is 1. The van der Waals surface area contributed by atoms with E-state index in [1.54, 1.807) is 0 Å². The monoisotopic (exact) mass is 410 g/mol. The van der Waals surface area contributed by atoms with Crippen molar-refractivity contribution in [3.05, 3.63) is 94.1 Å². The third-order valence-electron chi connectivity index (χ3n) is 5.50. The van der Waals surface area contributed by atoms with Gasteiger partial charge in [0.25, 0.3) is 0 Å². The van der Waals surface area contributed by atoms with Gasteiger partial charge >= 0.3 is 6.18 Å². The van der Waals surface area contributed by atoms with Crippen molar-refractivity contribution in [2.24, 2.45) is 5.73 Å². The number of carbonyl (C=O) groups excluding carboxylic acids is 1. The van der Waals surface area contributed by atoms with E-state index in [4.69, 9.17) is 10.5 Å². The molecule has 7 heteroatoms. The minimum absolute atomic E-state index is 0.0278. The van der Waals surface area contributed by atoms with Gasteiger partial charge in [0.2, 0.25) is 5.88 Å². The molecule has 1 heterocycles. The largest absolute Gasteiger partial charge is 0.444 e. The third-order valence-corrected chi connectivity index (χ3v) is 5.50. The molecule has 2 N–H and O–H groups in total. The molecule has 4 nitrogen and oxygen atoms in total. The van der Waals surface area contributed by atoms with Gasteiger partial charge in [0.05, 0.1) is 11.5 Å². The number of nitriles is 1. The van der Waals surface area contributed by atoms with Gasteiger partial charge in [0.1, 0.15) is 17.4 Å². The lowest BCUT2D eigenvalue weighted by Gasteiger charge is -2.34. The van der Waals surface area contributed by atoms with E-state index in [-0.39, 0.29) is 29.6 Å². The van der Waals surface area contributed by atoms with Gasteiger partial charge in [-0.1, -0.05) is 42.5 Å². The average Bonchev–Trinajstić information content (AvgIpc) is 2.72. The molecular weight excluding hydrogens is 393 g/mol. The molecule has 0 fully saturated rings. The van der Waals surface area contributed by atoms with Crippen LogP contribution >= 0.6 is 0 Å². The van der Waals surface area contributed by atoms with E-state index < -0.39 is 17.7 Å². The number of ketones is 1. The van der Waals surface area contributed by atoms with E-state index in [2.05, 4.69) is 0 Å². The summed E-state index contributed by atoms with van der Waals surface area (Å²) in [5.41, 5.74) is 6.87. The number of carbonyl (C=O) groups is 1. The molecule has 0 saturated heterocycles. The summed E-state index contributed by atoms with van der Waals surface area (Å²) in [6.07, 6.45) is -3.83. The summed E-state index contributed by atoms with van der Waals surface area (Å²) in [5, 5.41) is 9.60. The van der Waals surface area contributed by atoms with Gasteiger partial charge in [-0.05, 0) is 29.2 Å². The van der Waals surface area contributed by atoms with Crippen LogP contribution in [0.3, 0.4) is 0 Å². The van der Waals surface area contributed by atoms with Crippen LogP contribution < -0.4 is 5.73 Å². The summed E-state index contributed by atoms with van der Waals surface area (Å²) in [4.78, 5) is 13.1. The van der Waals surface area contributed by atoms with E-state index in [0.717, 1.165) is 17.7 Å². The van der Waals surface area contributed by atoms with Crippen molar-refractivity contribution < 1.29 is 22.7 Å². The molecule has 0 radical (unpaired) electrons. The fourth-order valence-corrected chi connectivity index (χ4v) is 4.07. The highest BCUT2D eigenvalue weighted by Gasteiger charge is 2.41. The number of nitrogens with two attached hydrogens (primary N) is 1. The van der Waals surface area contributed by atoms with Gasteiger partial charge in [0.15, 0.2) is 5.78 Å². The van der Waals surface area contributed by atoms with Crippen molar-refractivity contribution in [2.75, 3.05) is 0 Å². The van der Waals surface area contributed by atoms with Crippen molar-refractivity contribution in [1.82, 2.24) is 0 Å². The summed E-state index contributed by atoms with van der Waals surface area (Å²) in [6, 6.07) is 15.9. The fourth-order valence-electron chi connectivity index (χ4n) is 4.07. The van der Waals surface area contributed by atoms with Gasteiger partial charge in [-0.15, -0.1) is 0 Å². The predicted octanol–water partition coefficient (Wildman–Crippen LogP) is 4.91. The lowest BCUT2D eigenvalue weighted by atomic mass is 9.73. The number of ether oxygens (including phenoxy) is 1. The molecule has 4 rings (SSSR count). The number of hydrogen-bond donors (Lipinski definition) is 1. The van der Waals surface area contributed by atoms with Crippen molar-refractivity contribution in [3.63, 3.8) is 0 Å². The summed E-state index contributed by atoms with van der Waals surface area (Å²) < 4.78 is 44.5. The molecule has 0 spiro atoms. The molecule has 0 bridgehead atoms. The van der Waals surface area contributed by atoms with Gasteiger partial charge < -0.3 is 10.5 Å². The van der Waals surface area contributed by atoms with Crippen molar-refractivity contribution in [1.29, 1.82) is 5.26 Å². The SMILES string of the molecule is N#CC1=C(N)OC2=C(C(=O)C[C@H](c3ccccc3)C2)[C@@H]1c1ccc(C(F)(F)F)cc1. The first-order valence-electron chi connectivity index (χ1n) is 9.35. The Balaban J connectivity index is 1.76. The minimum Gasteiger partial charge on any atom is -0.444 e. The normalized spacial score (nSPS) is 21.7. The molecule has 2 atom stereocenters. The van der Waals surface area contributed by atoms with Crippen LogP contribution in [0.25, 0.3) is 0 Å². The highest BCUT2D eigenvalue weighted by molar-refractivity contribution is 6.00. The second-order valence-corrected chi connectivity index (χ2v) is 7.32. The standard InChI is InChI=1S/C23H17F3N2O2/c24-23(25,26)16-8-6-14(7-9-16)20-17(12-27)22(28)30-19-11-15(10-18(29)21(19)20)13-4-2-1-3-5-13/h1-9,15,20H,10-11,28H2/t15-,20+/m0/s1. The van der Waals surface area contributed by atoms with Crippen molar-refractivity contribution in [3.8, 4) is 6.07 Å². The molecule has 0 aromatic heterocycles. The maximum Gasteiger partial charge on any atom is 0.416 e. The Morgan fingerprint density at radius 3 is 2.27 bits per heavy atom. The Labute approximate surface area is 171 Å². The van der Waals surface area contributed by atoms with Crippen LogP contribution in [-0.2, 0) is 15.7 Å².